The number of benzene rings is 1. The summed E-state index contributed by atoms with van der Waals surface area (Å²) < 4.78 is 7.35. The third-order valence-corrected chi connectivity index (χ3v) is 3.27. The molecule has 96 valence electrons. The molecule has 0 amide bonds. The molecule has 3 heteroatoms. The first-order valence-electron chi connectivity index (χ1n) is 6.15. The highest BCUT2D eigenvalue weighted by molar-refractivity contribution is 5.27. The zero-order chi connectivity index (χ0) is 13.0. The van der Waals surface area contributed by atoms with Crippen LogP contribution in [0.5, 0.6) is 5.75 Å². The summed E-state index contributed by atoms with van der Waals surface area (Å²) in [5, 5.41) is 3.45. The first-order chi connectivity index (χ1) is 8.70. The van der Waals surface area contributed by atoms with Gasteiger partial charge in [-0.05, 0) is 36.8 Å². The predicted octanol–water partition coefficient (Wildman–Crippen LogP) is 2.63. The lowest BCUT2D eigenvalue weighted by molar-refractivity contribution is 0.414. The van der Waals surface area contributed by atoms with Gasteiger partial charge in [-0.1, -0.05) is 12.1 Å². The van der Waals surface area contributed by atoms with E-state index in [9.17, 15) is 0 Å². The summed E-state index contributed by atoms with van der Waals surface area (Å²) in [6.07, 6.45) is 0. The molecule has 0 atom stereocenters. The zero-order valence-electron chi connectivity index (χ0n) is 11.2. The van der Waals surface area contributed by atoms with Crippen LogP contribution in [0.3, 0.4) is 0 Å². The number of nitrogens with zero attached hydrogens (tertiary/aromatic N) is 1. The Hall–Kier alpha value is -1.74. The number of methoxy groups -OCH3 is 1. The minimum atomic E-state index is 0.869. The van der Waals surface area contributed by atoms with Gasteiger partial charge >= 0.3 is 0 Å². The summed E-state index contributed by atoms with van der Waals surface area (Å²) >= 11 is 0. The standard InChI is InChI=1S/C15H20N2O/c1-12-4-7-14(17(12)2)11-16-10-13-5-8-15(18-3)9-6-13/h4-9,16H,10-11H2,1-3H3. The molecule has 1 heterocycles. The van der Waals surface area contributed by atoms with Crippen LogP contribution in [0.25, 0.3) is 0 Å². The Balaban J connectivity index is 1.86. The topological polar surface area (TPSA) is 26.2 Å². The van der Waals surface area contributed by atoms with Crippen LogP contribution in [0.1, 0.15) is 17.0 Å². The van der Waals surface area contributed by atoms with Crippen molar-refractivity contribution in [3.05, 3.63) is 53.3 Å². The van der Waals surface area contributed by atoms with Crippen LogP contribution in [0.4, 0.5) is 0 Å². The van der Waals surface area contributed by atoms with Crippen molar-refractivity contribution in [2.24, 2.45) is 7.05 Å². The van der Waals surface area contributed by atoms with E-state index in [0.29, 0.717) is 0 Å². The largest absolute Gasteiger partial charge is 0.497 e. The molecule has 3 nitrogen and oxygen atoms in total. The SMILES string of the molecule is COc1ccc(CNCc2ccc(C)n2C)cc1. The minimum Gasteiger partial charge on any atom is -0.497 e. The molecule has 0 fully saturated rings. The van der Waals surface area contributed by atoms with Crippen molar-refractivity contribution in [2.45, 2.75) is 20.0 Å². The second-order valence-corrected chi connectivity index (χ2v) is 4.48. The third-order valence-electron chi connectivity index (χ3n) is 3.27. The lowest BCUT2D eigenvalue weighted by Crippen LogP contribution is -2.15. The van der Waals surface area contributed by atoms with E-state index < -0.39 is 0 Å². The predicted molar refractivity (Wildman–Crippen MR) is 73.7 cm³/mol. The third kappa shape index (κ3) is 2.93. The fraction of sp³-hybridized carbons (Fsp3) is 0.333. The van der Waals surface area contributed by atoms with E-state index in [-0.39, 0.29) is 0 Å². The number of nitrogens with one attached hydrogen (secondary N) is 1. The quantitative estimate of drug-likeness (QED) is 0.875. The van der Waals surface area contributed by atoms with Crippen LogP contribution in [-0.4, -0.2) is 11.7 Å². The van der Waals surface area contributed by atoms with Gasteiger partial charge < -0.3 is 14.6 Å². The van der Waals surface area contributed by atoms with Crippen LogP contribution in [-0.2, 0) is 20.1 Å². The van der Waals surface area contributed by atoms with Gasteiger partial charge in [-0.2, -0.15) is 0 Å². The van der Waals surface area contributed by atoms with Crippen LogP contribution >= 0.6 is 0 Å². The van der Waals surface area contributed by atoms with Crippen LogP contribution in [0.15, 0.2) is 36.4 Å². The highest BCUT2D eigenvalue weighted by atomic mass is 16.5. The first kappa shape index (κ1) is 12.7. The van der Waals surface area contributed by atoms with Crippen molar-refractivity contribution < 1.29 is 4.74 Å². The second kappa shape index (κ2) is 5.74. The Morgan fingerprint density at radius 1 is 1.06 bits per heavy atom. The Labute approximate surface area is 108 Å². The fourth-order valence-corrected chi connectivity index (χ4v) is 1.92. The molecular weight excluding hydrogens is 224 g/mol. The molecule has 2 rings (SSSR count). The lowest BCUT2D eigenvalue weighted by Gasteiger charge is -2.08. The molecule has 0 bridgehead atoms. The number of aryl methyl sites for hydroxylation is 1. The molecule has 2 aromatic rings. The molecule has 0 saturated carbocycles. The van der Waals surface area contributed by atoms with E-state index in [1.54, 1.807) is 7.11 Å². The van der Waals surface area contributed by atoms with Crippen LogP contribution < -0.4 is 10.1 Å². The van der Waals surface area contributed by atoms with Crippen LogP contribution in [0.2, 0.25) is 0 Å². The van der Waals surface area contributed by atoms with E-state index in [4.69, 9.17) is 4.74 Å². The van der Waals surface area contributed by atoms with Gasteiger partial charge in [0, 0.05) is 31.5 Å². The van der Waals surface area contributed by atoms with Gasteiger partial charge in [-0.25, -0.2) is 0 Å². The van der Waals surface area contributed by atoms with E-state index in [1.165, 1.54) is 17.0 Å². The maximum absolute atomic E-state index is 5.14. The van der Waals surface area contributed by atoms with Crippen molar-refractivity contribution in [1.82, 2.24) is 9.88 Å². The number of hydrogen-bond acceptors (Lipinski definition) is 2. The zero-order valence-corrected chi connectivity index (χ0v) is 11.2. The van der Waals surface area contributed by atoms with E-state index in [2.05, 4.69) is 48.1 Å². The number of hydrogen-bond donors (Lipinski definition) is 1. The van der Waals surface area contributed by atoms with Gasteiger partial charge in [0.25, 0.3) is 0 Å². The molecule has 0 saturated heterocycles. The van der Waals surface area contributed by atoms with Crippen molar-refractivity contribution >= 4 is 0 Å². The maximum Gasteiger partial charge on any atom is 0.118 e. The molecule has 1 N–H and O–H groups in total. The Bertz CT molecular complexity index is 500. The summed E-state index contributed by atoms with van der Waals surface area (Å²) in [7, 11) is 3.78. The summed E-state index contributed by atoms with van der Waals surface area (Å²) in [6.45, 7) is 3.87. The molecule has 1 aromatic heterocycles. The average molecular weight is 244 g/mol. The first-order valence-corrected chi connectivity index (χ1v) is 6.15. The molecule has 18 heavy (non-hydrogen) atoms. The molecule has 0 aliphatic rings. The van der Waals surface area contributed by atoms with Gasteiger partial charge in [0.15, 0.2) is 0 Å². The van der Waals surface area contributed by atoms with Crippen molar-refractivity contribution in [2.75, 3.05) is 7.11 Å². The van der Waals surface area contributed by atoms with Gasteiger partial charge in [0.1, 0.15) is 5.75 Å². The van der Waals surface area contributed by atoms with E-state index in [1.807, 2.05) is 12.1 Å². The molecule has 1 aromatic carbocycles. The van der Waals surface area contributed by atoms with Crippen molar-refractivity contribution in [3.8, 4) is 5.75 Å². The van der Waals surface area contributed by atoms with Crippen LogP contribution in [0, 0.1) is 6.92 Å². The lowest BCUT2D eigenvalue weighted by atomic mass is 10.2. The van der Waals surface area contributed by atoms with E-state index in [0.717, 1.165) is 18.8 Å². The molecular formula is C15H20N2O. The average Bonchev–Trinajstić information content (AvgIpc) is 2.71. The Morgan fingerprint density at radius 3 is 2.33 bits per heavy atom. The Morgan fingerprint density at radius 2 is 1.78 bits per heavy atom. The molecule has 0 radical (unpaired) electrons. The maximum atomic E-state index is 5.14. The smallest absolute Gasteiger partial charge is 0.118 e. The highest BCUT2D eigenvalue weighted by Gasteiger charge is 2.00. The summed E-state index contributed by atoms with van der Waals surface area (Å²) in [4.78, 5) is 0. The number of aromatic nitrogens is 1. The Kier molecular flexibility index (Phi) is 4.05. The highest BCUT2D eigenvalue weighted by Crippen LogP contribution is 2.11. The van der Waals surface area contributed by atoms with Gasteiger partial charge in [0.05, 0.1) is 7.11 Å². The molecule has 0 aliphatic carbocycles. The number of rotatable bonds is 5. The molecule has 0 aliphatic heterocycles. The molecule has 0 unspecified atom stereocenters. The van der Waals surface area contributed by atoms with Gasteiger partial charge in [0.2, 0.25) is 0 Å². The summed E-state index contributed by atoms with van der Waals surface area (Å²) in [5.74, 6) is 0.900. The summed E-state index contributed by atoms with van der Waals surface area (Å²) in [6, 6.07) is 12.5. The minimum absolute atomic E-state index is 0.869. The van der Waals surface area contributed by atoms with Crippen molar-refractivity contribution in [3.63, 3.8) is 0 Å². The molecule has 0 spiro atoms. The monoisotopic (exact) mass is 244 g/mol. The second-order valence-electron chi connectivity index (χ2n) is 4.48. The normalized spacial score (nSPS) is 10.6. The van der Waals surface area contributed by atoms with E-state index >= 15 is 0 Å². The van der Waals surface area contributed by atoms with Crippen molar-refractivity contribution in [1.29, 1.82) is 0 Å². The van der Waals surface area contributed by atoms with Gasteiger partial charge in [-0.15, -0.1) is 0 Å². The van der Waals surface area contributed by atoms with Gasteiger partial charge in [-0.3, -0.25) is 0 Å². The summed E-state index contributed by atoms with van der Waals surface area (Å²) in [5.41, 5.74) is 3.86. The number of ether oxygens (including phenoxy) is 1. The fourth-order valence-electron chi connectivity index (χ4n) is 1.92.